The van der Waals surface area contributed by atoms with Crippen molar-refractivity contribution in [2.45, 2.75) is 13.3 Å². The average Bonchev–Trinajstić information content (AvgIpc) is 2.43. The number of nitrogens with two attached hydrogens (primary N) is 1. The molecule has 1 saturated heterocycles. The fraction of sp³-hybridized carbons (Fsp3) is 0.750. The topological polar surface area (TPSA) is 75.9 Å². The van der Waals surface area contributed by atoms with Crippen LogP contribution in [0.5, 0.6) is 0 Å². The van der Waals surface area contributed by atoms with Crippen molar-refractivity contribution < 1.29 is 14.3 Å². The van der Waals surface area contributed by atoms with Gasteiger partial charge in [0, 0.05) is 32.7 Å². The van der Waals surface area contributed by atoms with E-state index in [4.69, 9.17) is 18.0 Å². The summed E-state index contributed by atoms with van der Waals surface area (Å²) in [5.41, 5.74) is 5.49. The Kier molecular flexibility index (Phi) is 6.17. The zero-order chi connectivity index (χ0) is 14.4. The molecule has 1 aliphatic rings. The van der Waals surface area contributed by atoms with Crippen molar-refractivity contribution >= 4 is 29.1 Å². The first-order chi connectivity index (χ1) is 8.95. The second-order valence-electron chi connectivity index (χ2n) is 4.62. The van der Waals surface area contributed by atoms with E-state index in [1.165, 1.54) is 7.11 Å². The molecule has 19 heavy (non-hydrogen) atoms. The minimum atomic E-state index is -0.406. The second-order valence-corrected chi connectivity index (χ2v) is 5.09. The lowest BCUT2D eigenvalue weighted by atomic mass is 10.1. The predicted octanol–water partition coefficient (Wildman–Crippen LogP) is -0.384. The Bertz CT molecular complexity index is 354. The summed E-state index contributed by atoms with van der Waals surface area (Å²) in [7, 11) is 1.38. The van der Waals surface area contributed by atoms with Crippen LogP contribution in [0.1, 0.15) is 13.3 Å². The molecule has 6 nitrogen and oxygen atoms in total. The van der Waals surface area contributed by atoms with E-state index in [0.717, 1.165) is 13.1 Å². The zero-order valence-electron chi connectivity index (χ0n) is 11.4. The maximum Gasteiger partial charge on any atom is 0.306 e. The Labute approximate surface area is 118 Å². The smallest absolute Gasteiger partial charge is 0.306 e. The van der Waals surface area contributed by atoms with Crippen molar-refractivity contribution in [2.24, 2.45) is 11.7 Å². The lowest BCUT2D eigenvalue weighted by Crippen LogP contribution is -2.51. The first-order valence-electron chi connectivity index (χ1n) is 6.33. The van der Waals surface area contributed by atoms with Gasteiger partial charge >= 0.3 is 5.97 Å². The van der Waals surface area contributed by atoms with Crippen LogP contribution in [0.25, 0.3) is 0 Å². The van der Waals surface area contributed by atoms with Gasteiger partial charge in [0.2, 0.25) is 5.91 Å². The molecule has 1 fully saturated rings. The minimum Gasteiger partial charge on any atom is -0.469 e. The number of hydrogen-bond donors (Lipinski definition) is 1. The molecule has 1 amide bonds. The summed E-state index contributed by atoms with van der Waals surface area (Å²) in [4.78, 5) is 27.2. The highest BCUT2D eigenvalue weighted by molar-refractivity contribution is 7.80. The van der Waals surface area contributed by atoms with Gasteiger partial charge < -0.3 is 15.4 Å². The highest BCUT2D eigenvalue weighted by atomic mass is 32.1. The van der Waals surface area contributed by atoms with Gasteiger partial charge in [-0.1, -0.05) is 12.2 Å². The molecule has 1 rings (SSSR count). The van der Waals surface area contributed by atoms with Gasteiger partial charge in [0.25, 0.3) is 0 Å². The van der Waals surface area contributed by atoms with Crippen molar-refractivity contribution in [3.63, 3.8) is 0 Å². The molecule has 0 bridgehead atoms. The summed E-state index contributed by atoms with van der Waals surface area (Å²) in [5.74, 6) is -0.627. The van der Waals surface area contributed by atoms with Crippen LogP contribution in [-0.4, -0.2) is 66.5 Å². The van der Waals surface area contributed by atoms with Gasteiger partial charge in [-0.25, -0.2) is 0 Å². The Morgan fingerprint density at radius 2 is 1.89 bits per heavy atom. The van der Waals surface area contributed by atoms with Gasteiger partial charge in [-0.15, -0.1) is 0 Å². The third kappa shape index (κ3) is 4.76. The van der Waals surface area contributed by atoms with Crippen LogP contribution in [0.2, 0.25) is 0 Å². The van der Waals surface area contributed by atoms with Crippen LogP contribution in [0.4, 0.5) is 0 Å². The molecule has 1 aliphatic heterocycles. The first-order valence-corrected chi connectivity index (χ1v) is 6.73. The maximum atomic E-state index is 12.0. The number of esters is 1. The summed E-state index contributed by atoms with van der Waals surface area (Å²) >= 11 is 4.84. The number of hydrogen-bond acceptors (Lipinski definition) is 5. The average molecular weight is 287 g/mol. The lowest BCUT2D eigenvalue weighted by molar-refractivity contribution is -0.141. The third-order valence-electron chi connectivity index (χ3n) is 3.34. The summed E-state index contributed by atoms with van der Waals surface area (Å²) < 4.78 is 4.60. The molecule has 0 aliphatic carbocycles. The van der Waals surface area contributed by atoms with E-state index in [2.05, 4.69) is 9.64 Å². The fourth-order valence-corrected chi connectivity index (χ4v) is 2.04. The molecule has 0 aromatic heterocycles. The number of thiocarbonyl (C=S) groups is 1. The highest BCUT2D eigenvalue weighted by Gasteiger charge is 2.26. The summed E-state index contributed by atoms with van der Waals surface area (Å²) in [5, 5.41) is 0. The monoisotopic (exact) mass is 287 g/mol. The second kappa shape index (κ2) is 7.40. The Morgan fingerprint density at radius 3 is 2.37 bits per heavy atom. The number of carbonyl (C=O) groups is 2. The molecule has 0 spiro atoms. The quantitative estimate of drug-likeness (QED) is 0.548. The Hall–Kier alpha value is -1.21. The van der Waals surface area contributed by atoms with E-state index in [0.29, 0.717) is 26.1 Å². The van der Waals surface area contributed by atoms with Crippen molar-refractivity contribution in [3.05, 3.63) is 0 Å². The number of carbonyl (C=O) groups excluding carboxylic acids is 2. The molecule has 2 N–H and O–H groups in total. The van der Waals surface area contributed by atoms with Crippen LogP contribution in [0.3, 0.4) is 0 Å². The van der Waals surface area contributed by atoms with Gasteiger partial charge in [0.15, 0.2) is 0 Å². The number of piperazine rings is 1. The van der Waals surface area contributed by atoms with Crippen molar-refractivity contribution in [2.75, 3.05) is 39.8 Å². The van der Waals surface area contributed by atoms with Gasteiger partial charge in [-0.05, 0) is 6.92 Å². The van der Waals surface area contributed by atoms with Crippen molar-refractivity contribution in [3.8, 4) is 0 Å². The number of amides is 1. The van der Waals surface area contributed by atoms with E-state index < -0.39 is 5.92 Å². The minimum absolute atomic E-state index is 0.0138. The van der Waals surface area contributed by atoms with Gasteiger partial charge in [0.1, 0.15) is 0 Å². The first kappa shape index (κ1) is 15.8. The molecular formula is C12H21N3O3S. The summed E-state index contributed by atoms with van der Waals surface area (Å²) in [6, 6.07) is 0. The maximum absolute atomic E-state index is 12.0. The molecule has 0 saturated carbocycles. The normalized spacial score (nSPS) is 17.9. The molecule has 108 valence electrons. The SMILES string of the molecule is COC(=O)CCN1CCN(C(=O)C(C)C(N)=S)CC1. The highest BCUT2D eigenvalue weighted by Crippen LogP contribution is 2.08. The van der Waals surface area contributed by atoms with E-state index in [1.54, 1.807) is 11.8 Å². The third-order valence-corrected chi connectivity index (χ3v) is 3.69. The van der Waals surface area contributed by atoms with E-state index in [-0.39, 0.29) is 16.9 Å². The molecular weight excluding hydrogens is 266 g/mol. The van der Waals surface area contributed by atoms with Gasteiger partial charge in [-0.3, -0.25) is 14.5 Å². The lowest BCUT2D eigenvalue weighted by Gasteiger charge is -2.35. The standard InChI is InChI=1S/C12H21N3O3S/c1-9(11(13)19)12(17)15-7-5-14(6-8-15)4-3-10(16)18-2/h9H,3-8H2,1-2H3,(H2,13,19). The van der Waals surface area contributed by atoms with Crippen LogP contribution in [0, 0.1) is 5.92 Å². The van der Waals surface area contributed by atoms with Crippen molar-refractivity contribution in [1.82, 2.24) is 9.80 Å². The number of methoxy groups -OCH3 is 1. The Morgan fingerprint density at radius 1 is 1.32 bits per heavy atom. The summed E-state index contributed by atoms with van der Waals surface area (Å²) in [6.07, 6.45) is 0.383. The van der Waals surface area contributed by atoms with Crippen LogP contribution in [0.15, 0.2) is 0 Å². The fourth-order valence-electron chi connectivity index (χ4n) is 1.94. The summed E-state index contributed by atoms with van der Waals surface area (Å²) in [6.45, 7) is 5.20. The van der Waals surface area contributed by atoms with Crippen LogP contribution in [-0.2, 0) is 14.3 Å². The van der Waals surface area contributed by atoms with Gasteiger partial charge in [0.05, 0.1) is 24.4 Å². The molecule has 0 radical (unpaired) electrons. The molecule has 1 atom stereocenters. The predicted molar refractivity (Wildman–Crippen MR) is 75.6 cm³/mol. The van der Waals surface area contributed by atoms with E-state index >= 15 is 0 Å². The molecule has 0 aromatic rings. The van der Waals surface area contributed by atoms with Gasteiger partial charge in [-0.2, -0.15) is 0 Å². The van der Waals surface area contributed by atoms with E-state index in [9.17, 15) is 9.59 Å². The molecule has 1 heterocycles. The molecule has 1 unspecified atom stereocenters. The number of ether oxygens (including phenoxy) is 1. The number of rotatable bonds is 5. The van der Waals surface area contributed by atoms with Crippen molar-refractivity contribution in [1.29, 1.82) is 0 Å². The van der Waals surface area contributed by atoms with Crippen LogP contribution >= 0.6 is 12.2 Å². The van der Waals surface area contributed by atoms with E-state index in [1.807, 2.05) is 0 Å². The number of nitrogens with zero attached hydrogens (tertiary/aromatic N) is 2. The zero-order valence-corrected chi connectivity index (χ0v) is 12.2. The molecule has 7 heteroatoms. The largest absolute Gasteiger partial charge is 0.469 e. The Balaban J connectivity index is 2.34. The molecule has 0 aromatic carbocycles. The van der Waals surface area contributed by atoms with Crippen LogP contribution < -0.4 is 5.73 Å².